The molecule has 1 heterocycles. The summed E-state index contributed by atoms with van der Waals surface area (Å²) in [5, 5.41) is 3.18. The van der Waals surface area contributed by atoms with Crippen LogP contribution in [0.25, 0.3) is 0 Å². The molecule has 0 fully saturated rings. The Hall–Kier alpha value is -0.110. The van der Waals surface area contributed by atoms with Crippen LogP contribution in [0.2, 0.25) is 0 Å². The topological polar surface area (TPSA) is 21.3 Å². The van der Waals surface area contributed by atoms with Crippen LogP contribution in [0.1, 0.15) is 24.3 Å². The molecule has 7 heteroatoms. The second kappa shape index (κ2) is 7.47. The van der Waals surface area contributed by atoms with E-state index < -0.39 is 12.8 Å². The van der Waals surface area contributed by atoms with E-state index >= 15 is 0 Å². The zero-order valence-corrected chi connectivity index (χ0v) is 12.3. The molecule has 0 aromatic carbocycles. The smallest absolute Gasteiger partial charge is 0.370 e. The zero-order valence-electron chi connectivity index (χ0n) is 9.89. The molecule has 104 valence electrons. The van der Waals surface area contributed by atoms with Crippen LogP contribution in [0, 0.1) is 0 Å². The van der Waals surface area contributed by atoms with Crippen molar-refractivity contribution in [2.75, 3.05) is 19.8 Å². The Morgan fingerprint density at radius 2 is 2.17 bits per heavy atom. The van der Waals surface area contributed by atoms with Crippen molar-refractivity contribution in [1.82, 2.24) is 5.32 Å². The van der Waals surface area contributed by atoms with Gasteiger partial charge in [0.15, 0.2) is 0 Å². The molecule has 0 amide bonds. The number of rotatable bonds is 7. The fraction of sp³-hybridized carbons (Fsp3) is 0.636. The predicted octanol–water partition coefficient (Wildman–Crippen LogP) is 4.13. The third-order valence-electron chi connectivity index (χ3n) is 2.13. The summed E-state index contributed by atoms with van der Waals surface area (Å²) in [5.74, 6) is 0. The highest BCUT2D eigenvalue weighted by Crippen LogP contribution is 2.28. The Bertz CT molecular complexity index is 356. The number of halogens is 4. The first-order chi connectivity index (χ1) is 8.42. The maximum absolute atomic E-state index is 12.0. The first-order valence-electron chi connectivity index (χ1n) is 5.55. The molecule has 1 atom stereocenters. The highest BCUT2D eigenvalue weighted by molar-refractivity contribution is 9.11. The number of hydrogen-bond acceptors (Lipinski definition) is 3. The maximum Gasteiger partial charge on any atom is 0.411 e. The Morgan fingerprint density at radius 1 is 1.44 bits per heavy atom. The summed E-state index contributed by atoms with van der Waals surface area (Å²) in [4.78, 5) is 0.970. The molecular weight excluding hydrogens is 331 g/mol. The molecule has 18 heavy (non-hydrogen) atoms. The Balaban J connectivity index is 2.51. The van der Waals surface area contributed by atoms with Crippen LogP contribution < -0.4 is 5.32 Å². The molecular formula is C11H15BrF3NOS. The van der Waals surface area contributed by atoms with Crippen LogP contribution >= 0.6 is 27.3 Å². The molecule has 1 N–H and O–H groups in total. The minimum atomic E-state index is -4.27. The summed E-state index contributed by atoms with van der Waals surface area (Å²) >= 11 is 4.84. The normalized spacial score (nSPS) is 13.8. The Kier molecular flexibility index (Phi) is 6.62. The van der Waals surface area contributed by atoms with E-state index in [2.05, 4.69) is 21.2 Å². The summed E-state index contributed by atoms with van der Waals surface area (Å²) in [6.45, 7) is 1.57. The fourth-order valence-electron chi connectivity index (χ4n) is 1.37. The second-order valence-corrected chi connectivity index (χ2v) is 6.27. The number of nitrogens with one attached hydrogen (secondary N) is 1. The predicted molar refractivity (Wildman–Crippen MR) is 69.9 cm³/mol. The van der Waals surface area contributed by atoms with Gasteiger partial charge in [-0.1, -0.05) is 6.92 Å². The van der Waals surface area contributed by atoms with Gasteiger partial charge < -0.3 is 10.1 Å². The van der Waals surface area contributed by atoms with Gasteiger partial charge in [-0.15, -0.1) is 11.3 Å². The van der Waals surface area contributed by atoms with Gasteiger partial charge in [0.1, 0.15) is 6.61 Å². The highest BCUT2D eigenvalue weighted by atomic mass is 79.9. The van der Waals surface area contributed by atoms with E-state index in [1.807, 2.05) is 19.1 Å². The first kappa shape index (κ1) is 15.9. The van der Waals surface area contributed by atoms with Gasteiger partial charge in [0.05, 0.1) is 16.4 Å². The molecule has 0 spiro atoms. The van der Waals surface area contributed by atoms with Crippen molar-refractivity contribution in [1.29, 1.82) is 0 Å². The van der Waals surface area contributed by atoms with Crippen LogP contribution in [0.5, 0.6) is 0 Å². The van der Waals surface area contributed by atoms with Crippen LogP contribution in [0.15, 0.2) is 15.9 Å². The number of hydrogen-bond donors (Lipinski definition) is 1. The fourth-order valence-corrected chi connectivity index (χ4v) is 2.85. The zero-order chi connectivity index (χ0) is 13.6. The van der Waals surface area contributed by atoms with Crippen molar-refractivity contribution < 1.29 is 17.9 Å². The SMILES string of the molecule is CCCNC(COCC(F)(F)F)c1ccc(Br)s1. The highest BCUT2D eigenvalue weighted by Gasteiger charge is 2.28. The minimum Gasteiger partial charge on any atom is -0.370 e. The third kappa shape index (κ3) is 6.17. The van der Waals surface area contributed by atoms with Crippen molar-refractivity contribution in [3.63, 3.8) is 0 Å². The van der Waals surface area contributed by atoms with Crippen LogP contribution in [-0.4, -0.2) is 25.9 Å². The molecule has 0 aliphatic rings. The van der Waals surface area contributed by atoms with E-state index in [1.165, 1.54) is 11.3 Å². The quantitative estimate of drug-likeness (QED) is 0.802. The lowest BCUT2D eigenvalue weighted by Gasteiger charge is -2.17. The Morgan fingerprint density at radius 3 is 2.67 bits per heavy atom. The minimum absolute atomic E-state index is 0.0203. The monoisotopic (exact) mass is 345 g/mol. The van der Waals surface area contributed by atoms with Crippen molar-refractivity contribution in [3.05, 3.63) is 20.8 Å². The summed E-state index contributed by atoms with van der Waals surface area (Å²) in [7, 11) is 0. The van der Waals surface area contributed by atoms with Gasteiger partial charge in [0, 0.05) is 4.88 Å². The first-order valence-corrected chi connectivity index (χ1v) is 7.16. The number of alkyl halides is 3. The lowest BCUT2D eigenvalue weighted by atomic mass is 10.2. The maximum atomic E-state index is 12.0. The number of ether oxygens (including phenoxy) is 1. The third-order valence-corrected chi connectivity index (χ3v) is 3.87. The largest absolute Gasteiger partial charge is 0.411 e. The van der Waals surface area contributed by atoms with Gasteiger partial charge in [0.25, 0.3) is 0 Å². The molecule has 0 radical (unpaired) electrons. The molecule has 1 aromatic rings. The lowest BCUT2D eigenvalue weighted by Crippen LogP contribution is -2.28. The van der Waals surface area contributed by atoms with Gasteiger partial charge in [-0.3, -0.25) is 0 Å². The van der Waals surface area contributed by atoms with Crippen molar-refractivity contribution >= 4 is 27.3 Å². The summed E-state index contributed by atoms with van der Waals surface area (Å²) in [6.07, 6.45) is -3.35. The van der Waals surface area contributed by atoms with Gasteiger partial charge in [0.2, 0.25) is 0 Å². The molecule has 1 rings (SSSR count). The summed E-state index contributed by atoms with van der Waals surface area (Å²) in [5.41, 5.74) is 0. The standard InChI is InChI=1S/C11H15BrF3NOS/c1-2-5-16-8(6-17-7-11(13,14)15)9-3-4-10(12)18-9/h3-4,8,16H,2,5-7H2,1H3. The van der Waals surface area contributed by atoms with E-state index in [-0.39, 0.29) is 12.6 Å². The number of thiophene rings is 1. The van der Waals surface area contributed by atoms with Gasteiger partial charge in [-0.05, 0) is 41.0 Å². The molecule has 0 bridgehead atoms. The average Bonchev–Trinajstić information content (AvgIpc) is 2.68. The average molecular weight is 346 g/mol. The van der Waals surface area contributed by atoms with Crippen LogP contribution in [0.4, 0.5) is 13.2 Å². The second-order valence-electron chi connectivity index (χ2n) is 3.78. The van der Waals surface area contributed by atoms with E-state index in [4.69, 9.17) is 4.74 Å². The van der Waals surface area contributed by atoms with Crippen molar-refractivity contribution in [3.8, 4) is 0 Å². The molecule has 2 nitrogen and oxygen atoms in total. The van der Waals surface area contributed by atoms with Gasteiger partial charge in [-0.2, -0.15) is 13.2 Å². The van der Waals surface area contributed by atoms with E-state index in [0.29, 0.717) is 0 Å². The van der Waals surface area contributed by atoms with E-state index in [1.54, 1.807) is 0 Å². The summed E-state index contributed by atoms with van der Waals surface area (Å²) in [6, 6.07) is 3.58. The Labute approximate surface area is 117 Å². The molecule has 0 saturated heterocycles. The van der Waals surface area contributed by atoms with E-state index in [0.717, 1.165) is 21.6 Å². The lowest BCUT2D eigenvalue weighted by molar-refractivity contribution is -0.175. The van der Waals surface area contributed by atoms with Crippen LogP contribution in [-0.2, 0) is 4.74 Å². The van der Waals surface area contributed by atoms with Gasteiger partial charge >= 0.3 is 6.18 Å². The van der Waals surface area contributed by atoms with Crippen molar-refractivity contribution in [2.24, 2.45) is 0 Å². The summed E-state index contributed by atoms with van der Waals surface area (Å²) < 4.78 is 41.7. The van der Waals surface area contributed by atoms with Gasteiger partial charge in [-0.25, -0.2) is 0 Å². The molecule has 0 aliphatic carbocycles. The molecule has 0 aliphatic heterocycles. The molecule has 1 unspecified atom stereocenters. The van der Waals surface area contributed by atoms with Crippen LogP contribution in [0.3, 0.4) is 0 Å². The van der Waals surface area contributed by atoms with E-state index in [9.17, 15) is 13.2 Å². The van der Waals surface area contributed by atoms with Crippen molar-refractivity contribution in [2.45, 2.75) is 25.6 Å². The molecule has 0 saturated carbocycles. The molecule has 1 aromatic heterocycles.